The molecule has 0 unspecified atom stereocenters. The quantitative estimate of drug-likeness (QED) is 0.321. The van der Waals surface area contributed by atoms with E-state index >= 15 is 0 Å². The Morgan fingerprint density at radius 2 is 1.95 bits per heavy atom. The summed E-state index contributed by atoms with van der Waals surface area (Å²) in [6.45, 7) is 16.7. The molecule has 2 N–H and O–H groups in total. The van der Waals surface area contributed by atoms with Gasteiger partial charge in [-0.05, 0) is 66.5 Å². The average Bonchev–Trinajstić information content (AvgIpc) is 3.24. The predicted molar refractivity (Wildman–Crippen MR) is 164 cm³/mol. The van der Waals surface area contributed by atoms with Gasteiger partial charge in [0.25, 0.3) is 5.91 Å². The van der Waals surface area contributed by atoms with Crippen LogP contribution in [0, 0.1) is 18.3 Å². The van der Waals surface area contributed by atoms with E-state index in [1.165, 1.54) is 0 Å². The first-order valence-electron chi connectivity index (χ1n) is 13.5. The molecule has 1 aliphatic heterocycles. The number of nitrogens with one attached hydrogen (secondary N) is 2. The molecule has 2 aromatic carbocycles. The normalized spacial score (nSPS) is 16.6. The van der Waals surface area contributed by atoms with E-state index in [0.29, 0.717) is 35.9 Å². The van der Waals surface area contributed by atoms with Crippen LogP contribution < -0.4 is 10.6 Å². The van der Waals surface area contributed by atoms with E-state index < -0.39 is 8.32 Å². The van der Waals surface area contributed by atoms with E-state index in [1.807, 2.05) is 37.3 Å². The van der Waals surface area contributed by atoms with Crippen LogP contribution in [0.4, 0.5) is 17.3 Å². The second kappa shape index (κ2) is 10.7. The van der Waals surface area contributed by atoms with Gasteiger partial charge in [0, 0.05) is 55.7 Å². The summed E-state index contributed by atoms with van der Waals surface area (Å²) >= 11 is 0. The highest BCUT2D eigenvalue weighted by Crippen LogP contribution is 2.44. The Kier molecular flexibility index (Phi) is 7.80. The zero-order chi connectivity index (χ0) is 29.5. The molecular formula is C31H40N6O2Si. The van der Waals surface area contributed by atoms with Crippen molar-refractivity contribution in [3.8, 4) is 17.3 Å². The van der Waals surface area contributed by atoms with E-state index in [4.69, 9.17) is 9.41 Å². The summed E-state index contributed by atoms with van der Waals surface area (Å²) in [5.41, 5.74) is 6.11. The largest absolute Gasteiger partial charge is 0.416 e. The van der Waals surface area contributed by atoms with Crippen molar-refractivity contribution in [3.05, 3.63) is 64.8 Å². The van der Waals surface area contributed by atoms with Gasteiger partial charge < -0.3 is 20.0 Å². The highest BCUT2D eigenvalue weighted by atomic mass is 28.4. The van der Waals surface area contributed by atoms with Crippen LogP contribution in [-0.2, 0) is 9.84 Å². The molecule has 40 heavy (non-hydrogen) atoms. The van der Waals surface area contributed by atoms with Crippen molar-refractivity contribution >= 4 is 31.5 Å². The minimum Gasteiger partial charge on any atom is -0.416 e. The van der Waals surface area contributed by atoms with Gasteiger partial charge in [0.2, 0.25) is 5.95 Å². The first-order chi connectivity index (χ1) is 18.6. The summed E-state index contributed by atoms with van der Waals surface area (Å²) in [6.07, 6.45) is 1.70. The third-order valence-corrected chi connectivity index (χ3v) is 12.7. The van der Waals surface area contributed by atoms with E-state index in [9.17, 15) is 10.1 Å². The lowest BCUT2D eigenvalue weighted by molar-refractivity contribution is 0.0827. The number of hydrogen-bond donors (Lipinski definition) is 2. The van der Waals surface area contributed by atoms with E-state index in [2.05, 4.69) is 68.5 Å². The Morgan fingerprint density at radius 3 is 2.60 bits per heavy atom. The molecule has 1 amide bonds. The highest BCUT2D eigenvalue weighted by Gasteiger charge is 2.42. The second-order valence-electron chi connectivity index (χ2n) is 12.6. The molecule has 8 nitrogen and oxygen atoms in total. The molecule has 0 saturated carbocycles. The Bertz CT molecular complexity index is 1490. The number of fused-ring (bicyclic) bond motifs is 1. The lowest BCUT2D eigenvalue weighted by Crippen LogP contribution is -2.45. The van der Waals surface area contributed by atoms with Crippen LogP contribution in [0.1, 0.15) is 54.7 Å². The first kappa shape index (κ1) is 29.2. The van der Waals surface area contributed by atoms with Gasteiger partial charge in [-0.2, -0.15) is 5.26 Å². The summed E-state index contributed by atoms with van der Waals surface area (Å²) in [5.74, 6) is 0.338. The summed E-state index contributed by atoms with van der Waals surface area (Å²) < 4.78 is 6.65. The number of aromatic nitrogens is 2. The van der Waals surface area contributed by atoms with Crippen molar-refractivity contribution in [1.82, 2.24) is 14.9 Å². The Hall–Kier alpha value is -3.74. The van der Waals surface area contributed by atoms with Gasteiger partial charge in [-0.25, -0.2) is 9.97 Å². The van der Waals surface area contributed by atoms with Crippen LogP contribution in [0.25, 0.3) is 11.3 Å². The summed E-state index contributed by atoms with van der Waals surface area (Å²) in [6, 6.07) is 13.7. The number of hydrogen-bond acceptors (Lipinski definition) is 7. The average molecular weight is 557 g/mol. The van der Waals surface area contributed by atoms with Crippen LogP contribution >= 0.6 is 0 Å². The van der Waals surface area contributed by atoms with Crippen molar-refractivity contribution in [2.24, 2.45) is 0 Å². The van der Waals surface area contributed by atoms with Crippen molar-refractivity contribution < 1.29 is 9.22 Å². The molecule has 0 radical (unpaired) electrons. The number of carbonyl (C=O) groups is 1. The van der Waals surface area contributed by atoms with Gasteiger partial charge in [0.1, 0.15) is 6.07 Å². The standard InChI is InChI=1S/C31H40N6O2Si/c1-20-10-11-21(28(38)37(6)7)16-26(20)36-29-33-13-12-25(35-29)22-14-23(17-32)27-24(15-22)31(5,18-34-27)19-39-40(8,9)30(2,3)4/h10-16,34H,18-19H2,1-9H3,(H,33,35,36)/t31-/m1/s1. The summed E-state index contributed by atoms with van der Waals surface area (Å²) in [4.78, 5) is 23.2. The summed E-state index contributed by atoms with van der Waals surface area (Å²) in [7, 11) is 1.51. The molecule has 0 fully saturated rings. The molecule has 9 heteroatoms. The van der Waals surface area contributed by atoms with Crippen molar-refractivity contribution in [2.45, 2.75) is 58.2 Å². The number of anilines is 3. The molecule has 2 heterocycles. The fourth-order valence-electron chi connectivity index (χ4n) is 4.46. The molecule has 3 aromatic rings. The lowest BCUT2D eigenvalue weighted by Gasteiger charge is -2.39. The number of carbonyl (C=O) groups excluding carboxylic acids is 1. The molecule has 0 saturated heterocycles. The molecule has 4 rings (SSSR count). The number of rotatable bonds is 7. The molecule has 1 aromatic heterocycles. The van der Waals surface area contributed by atoms with Gasteiger partial charge >= 0.3 is 0 Å². The van der Waals surface area contributed by atoms with Crippen LogP contribution in [-0.4, -0.2) is 56.3 Å². The third-order valence-electron chi connectivity index (χ3n) is 8.21. The third kappa shape index (κ3) is 5.74. The second-order valence-corrected chi connectivity index (χ2v) is 17.5. The van der Waals surface area contributed by atoms with E-state index in [0.717, 1.165) is 28.1 Å². The SMILES string of the molecule is Cc1ccc(C(=O)N(C)C)cc1Nc1nccc(-c2cc(C#N)c3c(c2)[C@@](C)(CO[Si](C)(C)C(C)(C)C)CN3)n1. The summed E-state index contributed by atoms with van der Waals surface area (Å²) in [5, 5.41) is 16.9. The molecule has 0 spiro atoms. The topological polar surface area (TPSA) is 103 Å². The van der Waals surface area contributed by atoms with Gasteiger partial charge in [-0.3, -0.25) is 4.79 Å². The van der Waals surface area contributed by atoms with Crippen LogP contribution in [0.5, 0.6) is 0 Å². The van der Waals surface area contributed by atoms with Crippen molar-refractivity contribution in [2.75, 3.05) is 37.9 Å². The smallest absolute Gasteiger partial charge is 0.253 e. The van der Waals surface area contributed by atoms with Gasteiger partial charge in [-0.15, -0.1) is 0 Å². The maximum absolute atomic E-state index is 12.5. The fourth-order valence-corrected chi connectivity index (χ4v) is 5.57. The van der Waals surface area contributed by atoms with Gasteiger partial charge in [0.05, 0.1) is 16.9 Å². The molecule has 0 bridgehead atoms. The lowest BCUT2D eigenvalue weighted by atomic mass is 9.83. The molecule has 210 valence electrons. The van der Waals surface area contributed by atoms with Crippen LogP contribution in [0.15, 0.2) is 42.6 Å². The number of aryl methyl sites for hydroxylation is 1. The zero-order valence-corrected chi connectivity index (χ0v) is 26.1. The fraction of sp³-hybridized carbons (Fsp3) is 0.419. The molecule has 0 aliphatic carbocycles. The van der Waals surface area contributed by atoms with Crippen LogP contribution in [0.3, 0.4) is 0 Å². The highest BCUT2D eigenvalue weighted by molar-refractivity contribution is 6.74. The Balaban J connectivity index is 1.67. The maximum Gasteiger partial charge on any atom is 0.253 e. The van der Waals surface area contributed by atoms with Crippen molar-refractivity contribution in [3.63, 3.8) is 0 Å². The Morgan fingerprint density at radius 1 is 1.23 bits per heavy atom. The Labute approximate surface area is 238 Å². The minimum atomic E-state index is -1.95. The molecule has 1 aliphatic rings. The number of amides is 1. The first-order valence-corrected chi connectivity index (χ1v) is 16.5. The van der Waals surface area contributed by atoms with Gasteiger partial charge in [0.15, 0.2) is 8.32 Å². The number of nitriles is 1. The monoisotopic (exact) mass is 556 g/mol. The van der Waals surface area contributed by atoms with Crippen molar-refractivity contribution in [1.29, 1.82) is 5.26 Å². The van der Waals surface area contributed by atoms with E-state index in [1.54, 1.807) is 25.2 Å². The van der Waals surface area contributed by atoms with Gasteiger partial charge in [-0.1, -0.05) is 33.8 Å². The zero-order valence-electron chi connectivity index (χ0n) is 25.1. The predicted octanol–water partition coefficient (Wildman–Crippen LogP) is 6.47. The van der Waals surface area contributed by atoms with E-state index in [-0.39, 0.29) is 16.4 Å². The minimum absolute atomic E-state index is 0.0749. The van der Waals surface area contributed by atoms with Crippen LogP contribution in [0.2, 0.25) is 18.1 Å². The maximum atomic E-state index is 12.5. The number of benzene rings is 2. The molecular weight excluding hydrogens is 516 g/mol. The number of nitrogens with zero attached hydrogens (tertiary/aromatic N) is 4. The molecule has 1 atom stereocenters.